The molecule has 1 aliphatic carbocycles. The zero-order valence-electron chi connectivity index (χ0n) is 14.2. The molecule has 0 saturated heterocycles. The number of rotatable bonds is 4. The van der Waals surface area contributed by atoms with Crippen LogP contribution in [0.4, 0.5) is 0 Å². The summed E-state index contributed by atoms with van der Waals surface area (Å²) in [4.78, 5) is 24.6. The molecule has 0 atom stereocenters. The van der Waals surface area contributed by atoms with Gasteiger partial charge < -0.3 is 5.32 Å². The average Bonchev–Trinajstić information content (AvgIpc) is 2.75. The first-order chi connectivity index (χ1) is 12.0. The van der Waals surface area contributed by atoms with Crippen molar-refractivity contribution in [1.29, 1.82) is 0 Å². The second kappa shape index (κ2) is 7.56. The highest BCUT2D eigenvalue weighted by molar-refractivity contribution is 7.90. The minimum absolute atomic E-state index is 0.00451. The van der Waals surface area contributed by atoms with Crippen molar-refractivity contribution in [3.63, 3.8) is 0 Å². The van der Waals surface area contributed by atoms with Crippen molar-refractivity contribution in [3.8, 4) is 0 Å². The van der Waals surface area contributed by atoms with E-state index in [1.807, 2.05) is 0 Å². The quantitative estimate of drug-likeness (QED) is 0.889. The zero-order chi connectivity index (χ0) is 17.9. The standard InChI is InChI=1S/C18H24N2O4S/c21-17(19-14-8-4-2-1-3-5-9-14)12-13-20-18(22)15-10-6-7-11-16(15)25(20,23)24/h6-7,10-11,14H,1-5,8-9,12-13H2,(H,19,21). The fourth-order valence-electron chi connectivity index (χ4n) is 3.56. The Hall–Kier alpha value is -1.89. The van der Waals surface area contributed by atoms with Gasteiger partial charge in [0, 0.05) is 19.0 Å². The number of amides is 2. The Balaban J connectivity index is 1.58. The molecule has 1 saturated carbocycles. The van der Waals surface area contributed by atoms with E-state index >= 15 is 0 Å². The molecule has 7 heteroatoms. The van der Waals surface area contributed by atoms with Gasteiger partial charge in [0.1, 0.15) is 4.90 Å². The highest BCUT2D eigenvalue weighted by Crippen LogP contribution is 2.29. The van der Waals surface area contributed by atoms with Crippen molar-refractivity contribution in [2.45, 2.75) is 62.3 Å². The summed E-state index contributed by atoms with van der Waals surface area (Å²) in [7, 11) is -3.83. The number of carbonyl (C=O) groups excluding carboxylic acids is 2. The van der Waals surface area contributed by atoms with E-state index in [1.54, 1.807) is 12.1 Å². The molecule has 1 aromatic rings. The van der Waals surface area contributed by atoms with Gasteiger partial charge >= 0.3 is 0 Å². The van der Waals surface area contributed by atoms with Crippen molar-refractivity contribution >= 4 is 21.8 Å². The summed E-state index contributed by atoms with van der Waals surface area (Å²) < 4.78 is 25.7. The molecule has 136 valence electrons. The minimum Gasteiger partial charge on any atom is -0.353 e. The molecular weight excluding hydrogens is 340 g/mol. The summed E-state index contributed by atoms with van der Waals surface area (Å²) in [5.74, 6) is -0.737. The summed E-state index contributed by atoms with van der Waals surface area (Å²) >= 11 is 0. The van der Waals surface area contributed by atoms with E-state index in [4.69, 9.17) is 0 Å². The van der Waals surface area contributed by atoms with Crippen LogP contribution in [0.25, 0.3) is 0 Å². The van der Waals surface area contributed by atoms with Gasteiger partial charge in [-0.05, 0) is 25.0 Å². The maximum atomic E-state index is 12.5. The third-order valence-corrected chi connectivity index (χ3v) is 6.76. The molecule has 0 bridgehead atoms. The van der Waals surface area contributed by atoms with Gasteiger partial charge in [0.25, 0.3) is 15.9 Å². The van der Waals surface area contributed by atoms with Crippen molar-refractivity contribution in [2.75, 3.05) is 6.54 Å². The van der Waals surface area contributed by atoms with E-state index in [0.717, 1.165) is 30.0 Å². The molecule has 1 aliphatic heterocycles. The smallest absolute Gasteiger partial charge is 0.269 e. The lowest BCUT2D eigenvalue weighted by Gasteiger charge is -2.21. The third kappa shape index (κ3) is 3.86. The average molecular weight is 364 g/mol. The minimum atomic E-state index is -3.83. The Morgan fingerprint density at radius 1 is 1.08 bits per heavy atom. The number of hydrogen-bond acceptors (Lipinski definition) is 4. The molecule has 6 nitrogen and oxygen atoms in total. The summed E-state index contributed by atoms with van der Waals surface area (Å²) in [6, 6.07) is 6.32. The van der Waals surface area contributed by atoms with E-state index in [2.05, 4.69) is 5.32 Å². The molecule has 0 spiro atoms. The fraction of sp³-hybridized carbons (Fsp3) is 0.556. The fourth-order valence-corrected chi connectivity index (χ4v) is 5.13. The molecule has 0 aromatic heterocycles. The van der Waals surface area contributed by atoms with Crippen LogP contribution in [-0.4, -0.2) is 37.1 Å². The molecule has 1 heterocycles. The largest absolute Gasteiger partial charge is 0.353 e. The zero-order valence-corrected chi connectivity index (χ0v) is 15.1. The summed E-state index contributed by atoms with van der Waals surface area (Å²) in [6.45, 7) is -0.117. The van der Waals surface area contributed by atoms with Crippen LogP contribution >= 0.6 is 0 Å². The number of hydrogen-bond donors (Lipinski definition) is 1. The van der Waals surface area contributed by atoms with Crippen molar-refractivity contribution in [2.24, 2.45) is 0 Å². The van der Waals surface area contributed by atoms with Crippen LogP contribution in [0, 0.1) is 0 Å². The Morgan fingerprint density at radius 2 is 1.72 bits per heavy atom. The monoisotopic (exact) mass is 364 g/mol. The van der Waals surface area contributed by atoms with Crippen LogP contribution < -0.4 is 5.32 Å². The van der Waals surface area contributed by atoms with Gasteiger partial charge in [-0.2, -0.15) is 0 Å². The molecule has 25 heavy (non-hydrogen) atoms. The maximum absolute atomic E-state index is 12.5. The highest BCUT2D eigenvalue weighted by atomic mass is 32.2. The number of nitrogens with one attached hydrogen (secondary N) is 1. The molecule has 1 fully saturated rings. The second-order valence-corrected chi connectivity index (χ2v) is 8.57. The van der Waals surface area contributed by atoms with Crippen LogP contribution in [0.15, 0.2) is 29.2 Å². The number of benzene rings is 1. The topological polar surface area (TPSA) is 83.6 Å². The molecule has 2 aliphatic rings. The highest BCUT2D eigenvalue weighted by Gasteiger charge is 2.40. The number of carbonyl (C=O) groups is 2. The lowest BCUT2D eigenvalue weighted by Crippen LogP contribution is -2.38. The third-order valence-electron chi connectivity index (χ3n) is 4.92. The van der Waals surface area contributed by atoms with Crippen molar-refractivity contribution in [1.82, 2.24) is 9.62 Å². The van der Waals surface area contributed by atoms with Crippen molar-refractivity contribution in [3.05, 3.63) is 29.8 Å². The summed E-state index contributed by atoms with van der Waals surface area (Å²) in [6.07, 6.45) is 7.82. The molecule has 1 N–H and O–H groups in total. The predicted molar refractivity (Wildman–Crippen MR) is 93.5 cm³/mol. The maximum Gasteiger partial charge on any atom is 0.269 e. The number of nitrogens with zero attached hydrogens (tertiary/aromatic N) is 1. The first kappa shape index (κ1) is 17.9. The molecule has 0 unspecified atom stereocenters. The van der Waals surface area contributed by atoms with Crippen molar-refractivity contribution < 1.29 is 18.0 Å². The van der Waals surface area contributed by atoms with Gasteiger partial charge in [-0.25, -0.2) is 12.7 Å². The first-order valence-electron chi connectivity index (χ1n) is 8.95. The molecule has 2 amide bonds. The van der Waals surface area contributed by atoms with E-state index in [9.17, 15) is 18.0 Å². The first-order valence-corrected chi connectivity index (χ1v) is 10.4. The van der Waals surface area contributed by atoms with E-state index in [0.29, 0.717) is 0 Å². The molecular formula is C18H24N2O4S. The number of sulfonamides is 1. The lowest BCUT2D eigenvalue weighted by atomic mass is 9.96. The molecule has 0 radical (unpaired) electrons. The van der Waals surface area contributed by atoms with E-state index in [1.165, 1.54) is 31.4 Å². The summed E-state index contributed by atoms with van der Waals surface area (Å²) in [5, 5.41) is 3.00. The van der Waals surface area contributed by atoms with Gasteiger partial charge in [-0.1, -0.05) is 44.2 Å². The van der Waals surface area contributed by atoms with Crippen LogP contribution in [0.5, 0.6) is 0 Å². The van der Waals surface area contributed by atoms with Gasteiger partial charge in [-0.15, -0.1) is 0 Å². The number of fused-ring (bicyclic) bond motifs is 1. The van der Waals surface area contributed by atoms with E-state index in [-0.39, 0.29) is 35.4 Å². The van der Waals surface area contributed by atoms with Gasteiger partial charge in [-0.3, -0.25) is 9.59 Å². The SMILES string of the molecule is O=C(CCN1C(=O)c2ccccc2S1(=O)=O)NC1CCCCCCC1. The van der Waals surface area contributed by atoms with Crippen LogP contribution in [0.1, 0.15) is 61.7 Å². The molecule has 1 aromatic carbocycles. The summed E-state index contributed by atoms with van der Waals surface area (Å²) in [5.41, 5.74) is 0.183. The van der Waals surface area contributed by atoms with Crippen LogP contribution in [0.2, 0.25) is 0 Å². The predicted octanol–water partition coefficient (Wildman–Crippen LogP) is 2.45. The van der Waals surface area contributed by atoms with E-state index < -0.39 is 15.9 Å². The van der Waals surface area contributed by atoms with Gasteiger partial charge in [0.05, 0.1) is 5.56 Å². The normalized spacial score (nSPS) is 20.6. The Kier molecular flexibility index (Phi) is 5.42. The Morgan fingerprint density at radius 3 is 2.40 bits per heavy atom. The van der Waals surface area contributed by atoms with Crippen LogP contribution in [-0.2, 0) is 14.8 Å². The molecule has 3 rings (SSSR count). The lowest BCUT2D eigenvalue weighted by molar-refractivity contribution is -0.121. The Labute approximate surface area is 148 Å². The van der Waals surface area contributed by atoms with Gasteiger partial charge in [0.15, 0.2) is 0 Å². The van der Waals surface area contributed by atoms with Crippen LogP contribution in [0.3, 0.4) is 0 Å². The second-order valence-electron chi connectivity index (χ2n) is 6.74. The Bertz CT molecular complexity index is 752. The van der Waals surface area contributed by atoms with Gasteiger partial charge in [0.2, 0.25) is 5.91 Å².